The van der Waals surface area contributed by atoms with Gasteiger partial charge in [0.2, 0.25) is 0 Å². The molecule has 5 nitrogen and oxygen atoms in total. The Bertz CT molecular complexity index is 731. The van der Waals surface area contributed by atoms with Gasteiger partial charge < -0.3 is 9.84 Å². The molecule has 0 aliphatic rings. The van der Waals surface area contributed by atoms with E-state index in [1.165, 1.54) is 0 Å². The Hall–Kier alpha value is -2.27. The lowest BCUT2D eigenvalue weighted by molar-refractivity contribution is -0.153. The summed E-state index contributed by atoms with van der Waals surface area (Å²) in [5.74, 6) is -0.259. The molecule has 1 N–H and O–H groups in total. The summed E-state index contributed by atoms with van der Waals surface area (Å²) in [5.41, 5.74) is 2.45. The lowest BCUT2D eigenvalue weighted by Gasteiger charge is -2.18. The third kappa shape index (κ3) is 5.14. The van der Waals surface area contributed by atoms with Gasteiger partial charge in [0.05, 0.1) is 35.4 Å². The molecule has 0 radical (unpaired) electrons. The van der Waals surface area contributed by atoms with Crippen LogP contribution in [0.1, 0.15) is 51.5 Å². The molecule has 0 saturated heterocycles. The number of aromatic nitrogens is 2. The fourth-order valence-electron chi connectivity index (χ4n) is 2.02. The molecule has 1 aromatic carbocycles. The minimum absolute atomic E-state index is 0.217. The van der Waals surface area contributed by atoms with Crippen LogP contribution in [0.5, 0.6) is 0 Å². The first-order chi connectivity index (χ1) is 10.7. The van der Waals surface area contributed by atoms with Crippen molar-refractivity contribution < 1.29 is 14.6 Å². The van der Waals surface area contributed by atoms with E-state index in [9.17, 15) is 9.90 Å². The second-order valence-electron chi connectivity index (χ2n) is 6.41. The molecule has 2 rings (SSSR count). The van der Waals surface area contributed by atoms with Crippen molar-refractivity contribution in [3.05, 3.63) is 41.7 Å². The van der Waals surface area contributed by atoms with Gasteiger partial charge in [-0.15, -0.1) is 0 Å². The largest absolute Gasteiger partial charge is 0.460 e. The average molecular weight is 314 g/mol. The number of hydrogen-bond acceptors (Lipinski definition) is 5. The highest BCUT2D eigenvalue weighted by Gasteiger charge is 2.14. The Morgan fingerprint density at radius 3 is 2.74 bits per heavy atom. The van der Waals surface area contributed by atoms with Gasteiger partial charge in [0, 0.05) is 0 Å². The molecule has 2 aromatic rings. The minimum atomic E-state index is -0.654. The van der Waals surface area contributed by atoms with Crippen LogP contribution in [0.25, 0.3) is 17.1 Å². The van der Waals surface area contributed by atoms with Crippen molar-refractivity contribution in [3.63, 3.8) is 0 Å². The number of benzene rings is 1. The SMILES string of the molecule is CC(O)c1cnc2ccc(C=CCC(=O)OC(C)(C)C)cc2n1. The third-order valence-corrected chi connectivity index (χ3v) is 3.03. The predicted octanol–water partition coefficient (Wildman–Crippen LogP) is 3.43. The number of aliphatic hydroxyl groups excluding tert-OH is 1. The van der Waals surface area contributed by atoms with Crippen LogP contribution in [-0.2, 0) is 9.53 Å². The lowest BCUT2D eigenvalue weighted by Crippen LogP contribution is -2.23. The molecular formula is C18H22N2O3. The van der Waals surface area contributed by atoms with Gasteiger partial charge in [-0.25, -0.2) is 4.98 Å². The summed E-state index contributed by atoms with van der Waals surface area (Å²) in [5, 5.41) is 9.58. The molecule has 0 aliphatic carbocycles. The van der Waals surface area contributed by atoms with Crippen LogP contribution in [0, 0.1) is 0 Å². The minimum Gasteiger partial charge on any atom is -0.460 e. The number of aliphatic hydroxyl groups is 1. The number of esters is 1. The molecule has 0 amide bonds. The van der Waals surface area contributed by atoms with Gasteiger partial charge in [0.15, 0.2) is 0 Å². The molecule has 122 valence electrons. The highest BCUT2D eigenvalue weighted by atomic mass is 16.6. The topological polar surface area (TPSA) is 72.3 Å². The van der Waals surface area contributed by atoms with E-state index in [0.717, 1.165) is 11.1 Å². The summed E-state index contributed by atoms with van der Waals surface area (Å²) >= 11 is 0. The molecule has 0 saturated carbocycles. The van der Waals surface area contributed by atoms with Crippen LogP contribution in [0.2, 0.25) is 0 Å². The van der Waals surface area contributed by atoms with E-state index in [-0.39, 0.29) is 12.4 Å². The Morgan fingerprint density at radius 1 is 1.35 bits per heavy atom. The van der Waals surface area contributed by atoms with Gasteiger partial charge >= 0.3 is 5.97 Å². The first-order valence-corrected chi connectivity index (χ1v) is 7.58. The zero-order valence-corrected chi connectivity index (χ0v) is 13.9. The highest BCUT2D eigenvalue weighted by Crippen LogP contribution is 2.17. The zero-order chi connectivity index (χ0) is 17.0. The number of nitrogens with zero attached hydrogens (tertiary/aromatic N) is 2. The maximum absolute atomic E-state index is 11.7. The van der Waals surface area contributed by atoms with Gasteiger partial charge in [0.25, 0.3) is 0 Å². The first-order valence-electron chi connectivity index (χ1n) is 7.58. The summed E-state index contributed by atoms with van der Waals surface area (Å²) in [4.78, 5) is 20.3. The summed E-state index contributed by atoms with van der Waals surface area (Å²) in [7, 11) is 0. The van der Waals surface area contributed by atoms with Crippen LogP contribution >= 0.6 is 0 Å². The fraction of sp³-hybridized carbons (Fsp3) is 0.389. The third-order valence-electron chi connectivity index (χ3n) is 3.03. The van der Waals surface area contributed by atoms with E-state index in [1.54, 1.807) is 19.2 Å². The van der Waals surface area contributed by atoms with Crippen molar-refractivity contribution in [2.45, 2.75) is 45.8 Å². The lowest BCUT2D eigenvalue weighted by atomic mass is 10.1. The van der Waals surface area contributed by atoms with Crippen molar-refractivity contribution >= 4 is 23.1 Å². The summed E-state index contributed by atoms with van der Waals surface area (Å²) in [6.45, 7) is 7.18. The molecule has 0 spiro atoms. The Balaban J connectivity index is 2.11. The van der Waals surface area contributed by atoms with Gasteiger partial charge in [-0.1, -0.05) is 18.2 Å². The van der Waals surface area contributed by atoms with Crippen LogP contribution in [0.15, 0.2) is 30.5 Å². The smallest absolute Gasteiger partial charge is 0.310 e. The van der Waals surface area contributed by atoms with Crippen LogP contribution in [0.3, 0.4) is 0 Å². The summed E-state index contributed by atoms with van der Waals surface area (Å²) in [6, 6.07) is 5.64. The molecule has 1 unspecified atom stereocenters. The quantitative estimate of drug-likeness (QED) is 0.875. The van der Waals surface area contributed by atoms with Crippen LogP contribution in [0.4, 0.5) is 0 Å². The van der Waals surface area contributed by atoms with Crippen molar-refractivity contribution in [3.8, 4) is 0 Å². The predicted molar refractivity (Wildman–Crippen MR) is 89.7 cm³/mol. The van der Waals surface area contributed by atoms with Crippen molar-refractivity contribution in [2.75, 3.05) is 0 Å². The maximum atomic E-state index is 11.7. The number of fused-ring (bicyclic) bond motifs is 1. The van der Waals surface area contributed by atoms with E-state index in [0.29, 0.717) is 11.2 Å². The molecule has 23 heavy (non-hydrogen) atoms. The summed E-state index contributed by atoms with van der Waals surface area (Å²) < 4.78 is 5.25. The molecule has 1 heterocycles. The normalized spacial score (nSPS) is 13.4. The van der Waals surface area contributed by atoms with Crippen molar-refractivity contribution in [2.24, 2.45) is 0 Å². The number of hydrogen-bond donors (Lipinski definition) is 1. The summed E-state index contributed by atoms with van der Waals surface area (Å²) in [6.07, 6.45) is 4.75. The van der Waals surface area contributed by atoms with Crippen LogP contribution in [-0.4, -0.2) is 26.6 Å². The fourth-order valence-corrected chi connectivity index (χ4v) is 2.02. The number of carbonyl (C=O) groups excluding carboxylic acids is 1. The van der Waals surface area contributed by atoms with E-state index in [1.807, 2.05) is 45.0 Å². The Morgan fingerprint density at radius 2 is 2.09 bits per heavy atom. The zero-order valence-electron chi connectivity index (χ0n) is 13.9. The standard InChI is InChI=1S/C18H22N2O3/c1-12(21)16-11-19-14-9-8-13(10-15(14)20-16)6-5-7-17(22)23-18(2,3)4/h5-6,8-12,21H,7H2,1-4H3. The molecule has 0 fully saturated rings. The number of carbonyl (C=O) groups is 1. The molecule has 0 bridgehead atoms. The number of rotatable bonds is 4. The number of ether oxygens (including phenoxy) is 1. The van der Waals surface area contributed by atoms with Gasteiger partial charge in [-0.05, 0) is 45.4 Å². The molecule has 1 atom stereocenters. The monoisotopic (exact) mass is 314 g/mol. The van der Waals surface area contributed by atoms with Gasteiger partial charge in [-0.2, -0.15) is 0 Å². The molecular weight excluding hydrogens is 292 g/mol. The molecule has 5 heteroatoms. The van der Waals surface area contributed by atoms with Crippen molar-refractivity contribution in [1.82, 2.24) is 9.97 Å². The van der Waals surface area contributed by atoms with Gasteiger partial charge in [0.1, 0.15) is 5.60 Å². The van der Waals surface area contributed by atoms with E-state index < -0.39 is 11.7 Å². The maximum Gasteiger partial charge on any atom is 0.310 e. The Labute approximate surface area is 136 Å². The second kappa shape index (κ2) is 6.87. The Kier molecular flexibility index (Phi) is 5.11. The van der Waals surface area contributed by atoms with E-state index in [4.69, 9.17) is 4.74 Å². The van der Waals surface area contributed by atoms with Gasteiger partial charge in [-0.3, -0.25) is 9.78 Å². The highest BCUT2D eigenvalue weighted by molar-refractivity contribution is 5.78. The van der Waals surface area contributed by atoms with Crippen LogP contribution < -0.4 is 0 Å². The van der Waals surface area contributed by atoms with E-state index >= 15 is 0 Å². The second-order valence-corrected chi connectivity index (χ2v) is 6.41. The first kappa shape index (κ1) is 17.1. The van der Waals surface area contributed by atoms with E-state index in [2.05, 4.69) is 9.97 Å². The van der Waals surface area contributed by atoms with Crippen molar-refractivity contribution in [1.29, 1.82) is 0 Å². The average Bonchev–Trinajstić information content (AvgIpc) is 2.44. The molecule has 0 aliphatic heterocycles. The molecule has 1 aromatic heterocycles.